The molecule has 2 heterocycles. The van der Waals surface area contributed by atoms with E-state index in [1.165, 1.54) is 13.4 Å². The molecule has 0 aliphatic heterocycles. The number of hydrogen-bond acceptors (Lipinski definition) is 5. The molecule has 22 heavy (non-hydrogen) atoms. The van der Waals surface area contributed by atoms with Gasteiger partial charge in [0.05, 0.1) is 18.4 Å². The van der Waals surface area contributed by atoms with Crippen LogP contribution in [0.25, 0.3) is 0 Å². The first kappa shape index (κ1) is 15.9. The molecule has 2 aromatic heterocycles. The summed E-state index contributed by atoms with van der Waals surface area (Å²) < 4.78 is 48.5. The van der Waals surface area contributed by atoms with Gasteiger partial charge in [-0.25, -0.2) is 4.98 Å². The molecule has 0 fully saturated rings. The molecule has 5 nitrogen and oxygen atoms in total. The van der Waals surface area contributed by atoms with Gasteiger partial charge in [0, 0.05) is 7.11 Å². The third-order valence-corrected chi connectivity index (χ3v) is 2.84. The molecule has 116 valence electrons. The molecule has 1 atom stereocenters. The second kappa shape index (κ2) is 6.49. The number of nitrogens with zero attached hydrogens (tertiary/aromatic N) is 2. The first-order valence-electron chi connectivity index (χ1n) is 6.23. The van der Waals surface area contributed by atoms with Gasteiger partial charge < -0.3 is 14.5 Å². The van der Waals surface area contributed by atoms with E-state index in [9.17, 15) is 13.2 Å². The van der Waals surface area contributed by atoms with Crippen LogP contribution in [-0.2, 0) is 10.9 Å². The van der Waals surface area contributed by atoms with Crippen LogP contribution in [0.3, 0.4) is 0 Å². The zero-order valence-corrected chi connectivity index (χ0v) is 11.5. The van der Waals surface area contributed by atoms with Gasteiger partial charge in [-0.2, -0.15) is 18.4 Å². The van der Waals surface area contributed by atoms with Crippen molar-refractivity contribution in [2.75, 3.05) is 19.0 Å². The molecule has 2 rings (SSSR count). The molecule has 0 spiro atoms. The highest BCUT2D eigenvalue weighted by molar-refractivity contribution is 5.53. The molecule has 0 amide bonds. The van der Waals surface area contributed by atoms with E-state index in [0.717, 1.165) is 12.1 Å². The van der Waals surface area contributed by atoms with Gasteiger partial charge >= 0.3 is 6.18 Å². The normalized spacial score (nSPS) is 12.7. The Bertz CT molecular complexity index is 663. The average molecular weight is 311 g/mol. The maximum absolute atomic E-state index is 12.7. The van der Waals surface area contributed by atoms with E-state index in [1.807, 2.05) is 0 Å². The van der Waals surface area contributed by atoms with Crippen LogP contribution in [0.2, 0.25) is 0 Å². The summed E-state index contributed by atoms with van der Waals surface area (Å²) >= 11 is 0. The maximum atomic E-state index is 12.7. The van der Waals surface area contributed by atoms with Crippen molar-refractivity contribution >= 4 is 5.82 Å². The van der Waals surface area contributed by atoms with Crippen molar-refractivity contribution in [3.8, 4) is 6.07 Å². The molecule has 2 aromatic rings. The second-order valence-corrected chi connectivity index (χ2v) is 4.37. The Balaban J connectivity index is 2.35. The summed E-state index contributed by atoms with van der Waals surface area (Å²) in [6.07, 6.45) is -3.16. The predicted octanol–water partition coefficient (Wildman–Crippen LogP) is 3.36. The van der Waals surface area contributed by atoms with Crippen LogP contribution in [0, 0.1) is 11.3 Å². The minimum atomic E-state index is -4.59. The first-order valence-corrected chi connectivity index (χ1v) is 6.23. The standard InChI is InChI=1S/C14H12F3N3O2/c1-21-8-10(11-3-2-6-22-11)19-13-9(7-18)4-5-12(20-13)14(15,16)17/h2-6,10H,8H2,1H3,(H,19,20). The third kappa shape index (κ3) is 3.56. The predicted molar refractivity (Wildman–Crippen MR) is 70.9 cm³/mol. The second-order valence-electron chi connectivity index (χ2n) is 4.37. The highest BCUT2D eigenvalue weighted by Crippen LogP contribution is 2.30. The van der Waals surface area contributed by atoms with Crippen LogP contribution in [0.1, 0.15) is 23.1 Å². The minimum Gasteiger partial charge on any atom is -0.467 e. The van der Waals surface area contributed by atoms with Crippen molar-refractivity contribution < 1.29 is 22.3 Å². The van der Waals surface area contributed by atoms with E-state index in [-0.39, 0.29) is 18.0 Å². The highest BCUT2D eigenvalue weighted by atomic mass is 19.4. The van der Waals surface area contributed by atoms with Crippen LogP contribution >= 0.6 is 0 Å². The molecule has 8 heteroatoms. The molecule has 0 radical (unpaired) electrons. The number of methoxy groups -OCH3 is 1. The van der Waals surface area contributed by atoms with Gasteiger partial charge in [-0.05, 0) is 24.3 Å². The van der Waals surface area contributed by atoms with E-state index in [1.54, 1.807) is 18.2 Å². The van der Waals surface area contributed by atoms with Gasteiger partial charge in [0.2, 0.25) is 0 Å². The van der Waals surface area contributed by atoms with E-state index in [2.05, 4.69) is 10.3 Å². The number of pyridine rings is 1. The van der Waals surface area contributed by atoms with Crippen molar-refractivity contribution in [2.45, 2.75) is 12.2 Å². The number of halogens is 3. The van der Waals surface area contributed by atoms with Crippen molar-refractivity contribution in [2.24, 2.45) is 0 Å². The number of nitriles is 1. The smallest absolute Gasteiger partial charge is 0.433 e. The van der Waals surface area contributed by atoms with Crippen LogP contribution in [0.15, 0.2) is 34.9 Å². The van der Waals surface area contributed by atoms with Gasteiger partial charge in [0.1, 0.15) is 29.4 Å². The number of hydrogen-bond donors (Lipinski definition) is 1. The zero-order valence-electron chi connectivity index (χ0n) is 11.5. The monoisotopic (exact) mass is 311 g/mol. The molecule has 0 aliphatic carbocycles. The first-order chi connectivity index (χ1) is 10.5. The van der Waals surface area contributed by atoms with Crippen molar-refractivity contribution in [1.82, 2.24) is 4.98 Å². The number of rotatable bonds is 5. The number of ether oxygens (including phenoxy) is 1. The van der Waals surface area contributed by atoms with E-state index >= 15 is 0 Å². The quantitative estimate of drug-likeness (QED) is 0.916. The van der Waals surface area contributed by atoms with E-state index in [0.29, 0.717) is 5.76 Å². The Morgan fingerprint density at radius 1 is 1.41 bits per heavy atom. The Kier molecular flexibility index (Phi) is 4.68. The summed E-state index contributed by atoms with van der Waals surface area (Å²) in [6.45, 7) is 0.135. The van der Waals surface area contributed by atoms with Gasteiger partial charge in [-0.1, -0.05) is 0 Å². The summed E-state index contributed by atoms with van der Waals surface area (Å²) in [7, 11) is 1.45. The lowest BCUT2D eigenvalue weighted by Crippen LogP contribution is -2.19. The Morgan fingerprint density at radius 2 is 2.18 bits per heavy atom. The fourth-order valence-corrected chi connectivity index (χ4v) is 1.83. The van der Waals surface area contributed by atoms with Crippen LogP contribution in [-0.4, -0.2) is 18.7 Å². The highest BCUT2D eigenvalue weighted by Gasteiger charge is 2.33. The molecule has 0 aromatic carbocycles. The average Bonchev–Trinajstić information content (AvgIpc) is 3.00. The van der Waals surface area contributed by atoms with Crippen molar-refractivity contribution in [3.05, 3.63) is 47.5 Å². The van der Waals surface area contributed by atoms with Crippen LogP contribution in [0.5, 0.6) is 0 Å². The molecule has 1 unspecified atom stereocenters. The van der Waals surface area contributed by atoms with Crippen LogP contribution < -0.4 is 5.32 Å². The minimum absolute atomic E-state index is 0.000610. The fraction of sp³-hybridized carbons (Fsp3) is 0.286. The van der Waals surface area contributed by atoms with Gasteiger partial charge in [0.15, 0.2) is 0 Å². The molecule has 0 bridgehead atoms. The summed E-state index contributed by atoms with van der Waals surface area (Å²) in [6, 6.07) is 6.37. The van der Waals surface area contributed by atoms with E-state index in [4.69, 9.17) is 14.4 Å². The fourth-order valence-electron chi connectivity index (χ4n) is 1.83. The molecule has 0 saturated carbocycles. The van der Waals surface area contributed by atoms with Crippen LogP contribution in [0.4, 0.5) is 19.0 Å². The summed E-state index contributed by atoms with van der Waals surface area (Å²) in [5.41, 5.74) is -1.08. The number of anilines is 1. The topological polar surface area (TPSA) is 71.1 Å². The number of nitrogens with one attached hydrogen (secondary N) is 1. The number of alkyl halides is 3. The summed E-state index contributed by atoms with van der Waals surface area (Å²) in [5.74, 6) is 0.292. The van der Waals surface area contributed by atoms with Gasteiger partial charge in [-0.3, -0.25) is 0 Å². The molecular formula is C14H12F3N3O2. The number of furan rings is 1. The van der Waals surface area contributed by atoms with Crippen molar-refractivity contribution in [1.29, 1.82) is 5.26 Å². The maximum Gasteiger partial charge on any atom is 0.433 e. The van der Waals surface area contributed by atoms with Gasteiger partial charge in [-0.15, -0.1) is 0 Å². The lowest BCUT2D eigenvalue weighted by atomic mass is 10.2. The summed E-state index contributed by atoms with van der Waals surface area (Å²) in [4.78, 5) is 3.49. The summed E-state index contributed by atoms with van der Waals surface area (Å²) in [5, 5.41) is 11.8. The third-order valence-electron chi connectivity index (χ3n) is 2.84. The Morgan fingerprint density at radius 3 is 2.73 bits per heavy atom. The van der Waals surface area contributed by atoms with Gasteiger partial charge in [0.25, 0.3) is 0 Å². The largest absolute Gasteiger partial charge is 0.467 e. The Labute approximate surface area is 124 Å². The van der Waals surface area contributed by atoms with Crippen molar-refractivity contribution in [3.63, 3.8) is 0 Å². The SMILES string of the molecule is COCC(Nc1nc(C(F)(F)F)ccc1C#N)c1ccco1. The molecule has 1 N–H and O–H groups in total. The van der Waals surface area contributed by atoms with E-state index < -0.39 is 17.9 Å². The Hall–Kier alpha value is -2.53. The number of aromatic nitrogens is 1. The molecule has 0 saturated heterocycles. The lowest BCUT2D eigenvalue weighted by Gasteiger charge is -2.18. The lowest BCUT2D eigenvalue weighted by molar-refractivity contribution is -0.141. The zero-order chi connectivity index (χ0) is 16.2. The molecule has 0 aliphatic rings. The molecular weight excluding hydrogens is 299 g/mol.